The molecule has 0 bridgehead atoms. The van der Waals surface area contributed by atoms with Crippen LogP contribution in [0.25, 0.3) is 0 Å². The van der Waals surface area contributed by atoms with Crippen molar-refractivity contribution in [3.05, 3.63) is 30.3 Å². The summed E-state index contributed by atoms with van der Waals surface area (Å²) in [5.74, 6) is 0. The predicted molar refractivity (Wildman–Crippen MR) is 96.2 cm³/mol. The van der Waals surface area contributed by atoms with Gasteiger partial charge >= 0.3 is 0 Å². The van der Waals surface area contributed by atoms with Crippen LogP contribution in [0.4, 0.5) is 0 Å². The lowest BCUT2D eigenvalue weighted by atomic mass is 10.0. The fourth-order valence-electron chi connectivity index (χ4n) is 4.67. The third-order valence-corrected chi connectivity index (χ3v) is 11.4. The lowest BCUT2D eigenvalue weighted by molar-refractivity contribution is 0.334. The van der Waals surface area contributed by atoms with Crippen LogP contribution in [0, 0.1) is 0 Å². The van der Waals surface area contributed by atoms with Gasteiger partial charge in [-0.2, -0.15) is 0 Å². The van der Waals surface area contributed by atoms with E-state index in [1.54, 1.807) is 0 Å². The fraction of sp³-hybridized carbons (Fsp3) is 0.684. The molecule has 1 atom stereocenters. The third-order valence-electron chi connectivity index (χ3n) is 6.09. The van der Waals surface area contributed by atoms with Crippen molar-refractivity contribution < 1.29 is 5.11 Å². The van der Waals surface area contributed by atoms with Crippen molar-refractivity contribution in [1.29, 1.82) is 0 Å². The highest BCUT2D eigenvalue weighted by atomic mass is 28.3. The second-order valence-corrected chi connectivity index (χ2v) is 11.8. The Balaban J connectivity index is 1.81. The van der Waals surface area contributed by atoms with Crippen LogP contribution in [-0.4, -0.2) is 43.9 Å². The van der Waals surface area contributed by atoms with Crippen LogP contribution in [0.2, 0.25) is 11.6 Å². The molecule has 0 amide bonds. The van der Waals surface area contributed by atoms with Crippen molar-refractivity contribution in [3.8, 4) is 0 Å². The van der Waals surface area contributed by atoms with Gasteiger partial charge in [-0.3, -0.25) is 0 Å². The van der Waals surface area contributed by atoms with Gasteiger partial charge < -0.3 is 10.0 Å². The first kappa shape index (κ1) is 16.2. The van der Waals surface area contributed by atoms with E-state index >= 15 is 0 Å². The first-order valence-electron chi connectivity index (χ1n) is 9.24. The van der Waals surface area contributed by atoms with Crippen molar-refractivity contribution in [3.63, 3.8) is 0 Å². The molecule has 22 heavy (non-hydrogen) atoms. The zero-order valence-electron chi connectivity index (χ0n) is 13.8. The van der Waals surface area contributed by atoms with Crippen molar-refractivity contribution in [1.82, 2.24) is 4.90 Å². The summed E-state index contributed by atoms with van der Waals surface area (Å²) in [5, 5.41) is 12.0. The standard InChI is InChI=1S/C19H31NOSi/c21-17-22(18-9-3-1-4-10-18,19-11-5-2-6-12-19)16-15-20-13-7-8-14-20/h1,3-4,9-10,19,21H,2,5-8,11-17H2/t22-/m1/s1. The van der Waals surface area contributed by atoms with Gasteiger partial charge in [-0.05, 0) is 44.1 Å². The Bertz CT molecular complexity index is 440. The van der Waals surface area contributed by atoms with Crippen LogP contribution in [-0.2, 0) is 0 Å². The molecule has 0 unspecified atom stereocenters. The number of rotatable bonds is 6. The molecule has 2 aliphatic rings. The van der Waals surface area contributed by atoms with E-state index in [1.807, 2.05) is 0 Å². The number of aliphatic hydroxyl groups excluding tert-OH is 1. The van der Waals surface area contributed by atoms with Gasteiger partial charge in [0.05, 0.1) is 0 Å². The maximum absolute atomic E-state index is 10.5. The molecule has 122 valence electrons. The first-order valence-corrected chi connectivity index (χ1v) is 11.7. The Morgan fingerprint density at radius 3 is 2.27 bits per heavy atom. The molecule has 1 aromatic rings. The molecule has 3 rings (SSSR count). The van der Waals surface area contributed by atoms with Crippen LogP contribution in [0.3, 0.4) is 0 Å². The largest absolute Gasteiger partial charge is 0.399 e. The summed E-state index contributed by atoms with van der Waals surface area (Å²) in [5.41, 5.74) is 0.788. The fourth-order valence-corrected chi connectivity index (χ4v) is 9.52. The van der Waals surface area contributed by atoms with Crippen LogP contribution in [0.15, 0.2) is 30.3 Å². The molecule has 2 fully saturated rings. The van der Waals surface area contributed by atoms with Crippen molar-refractivity contribution >= 4 is 13.3 Å². The number of hydrogen-bond donors (Lipinski definition) is 1. The minimum atomic E-state index is -1.80. The summed E-state index contributed by atoms with van der Waals surface area (Å²) in [6.45, 7) is 3.75. The monoisotopic (exact) mass is 317 g/mol. The molecule has 0 spiro atoms. The highest BCUT2D eigenvalue weighted by molar-refractivity contribution is 6.93. The Labute approximate surface area is 136 Å². The number of nitrogens with zero attached hydrogens (tertiary/aromatic N) is 1. The molecule has 0 aromatic heterocycles. The predicted octanol–water partition coefficient (Wildman–Crippen LogP) is 3.30. The maximum atomic E-state index is 10.5. The minimum absolute atomic E-state index is 0.440. The van der Waals surface area contributed by atoms with E-state index in [1.165, 1.54) is 75.8 Å². The van der Waals surface area contributed by atoms with Crippen LogP contribution in [0.1, 0.15) is 44.9 Å². The second-order valence-electron chi connectivity index (χ2n) is 7.31. The zero-order chi connectivity index (χ0) is 15.3. The van der Waals surface area contributed by atoms with E-state index in [0.29, 0.717) is 6.23 Å². The van der Waals surface area contributed by atoms with E-state index < -0.39 is 8.07 Å². The topological polar surface area (TPSA) is 23.5 Å². The van der Waals surface area contributed by atoms with Gasteiger partial charge in [-0.1, -0.05) is 67.6 Å². The van der Waals surface area contributed by atoms with Gasteiger partial charge in [-0.25, -0.2) is 0 Å². The smallest absolute Gasteiger partial charge is 0.119 e. The molecule has 1 aromatic carbocycles. The average molecular weight is 318 g/mol. The van der Waals surface area contributed by atoms with Crippen LogP contribution in [0.5, 0.6) is 0 Å². The first-order chi connectivity index (χ1) is 10.8. The average Bonchev–Trinajstić information content (AvgIpc) is 3.11. The zero-order valence-corrected chi connectivity index (χ0v) is 14.8. The van der Waals surface area contributed by atoms with Crippen LogP contribution >= 0.6 is 0 Å². The van der Waals surface area contributed by atoms with E-state index in [-0.39, 0.29) is 0 Å². The molecule has 0 radical (unpaired) electrons. The van der Waals surface area contributed by atoms with E-state index in [9.17, 15) is 5.11 Å². The molecule has 2 nitrogen and oxygen atoms in total. The number of likely N-dealkylation sites (tertiary alicyclic amines) is 1. The molecule has 1 aliphatic carbocycles. The second kappa shape index (κ2) is 7.76. The molecule has 1 saturated carbocycles. The molecule has 1 saturated heterocycles. The summed E-state index contributed by atoms with van der Waals surface area (Å²) >= 11 is 0. The van der Waals surface area contributed by atoms with E-state index in [4.69, 9.17) is 0 Å². The molecule has 1 N–H and O–H groups in total. The summed E-state index contributed by atoms with van der Waals surface area (Å²) in [4.78, 5) is 2.63. The number of benzene rings is 1. The van der Waals surface area contributed by atoms with Crippen molar-refractivity contribution in [2.45, 2.75) is 56.5 Å². The van der Waals surface area contributed by atoms with Crippen molar-refractivity contribution in [2.75, 3.05) is 25.9 Å². The quantitative estimate of drug-likeness (QED) is 0.814. The van der Waals surface area contributed by atoms with Crippen molar-refractivity contribution in [2.24, 2.45) is 0 Å². The van der Waals surface area contributed by atoms with E-state index in [2.05, 4.69) is 35.2 Å². The highest BCUT2D eigenvalue weighted by Crippen LogP contribution is 2.39. The molecule has 3 heteroatoms. The SMILES string of the molecule is OC[Si@](CCN1CCCC1)(c1ccccc1)C1CCCCC1. The lowest BCUT2D eigenvalue weighted by Crippen LogP contribution is -2.57. The normalized spacial score (nSPS) is 23.5. The summed E-state index contributed by atoms with van der Waals surface area (Å²) in [7, 11) is -1.80. The van der Waals surface area contributed by atoms with Gasteiger partial charge in [0.2, 0.25) is 0 Å². The number of hydrogen-bond acceptors (Lipinski definition) is 2. The number of aliphatic hydroxyl groups is 1. The van der Waals surface area contributed by atoms with Gasteiger partial charge in [0.15, 0.2) is 0 Å². The Hall–Kier alpha value is -0.643. The molecular formula is C19H31NOSi. The third kappa shape index (κ3) is 3.47. The van der Waals surface area contributed by atoms with Gasteiger partial charge in [0.25, 0.3) is 0 Å². The van der Waals surface area contributed by atoms with Gasteiger partial charge in [0.1, 0.15) is 8.07 Å². The molecule has 1 aliphatic heterocycles. The summed E-state index contributed by atoms with van der Waals surface area (Å²) < 4.78 is 0. The van der Waals surface area contributed by atoms with Crippen LogP contribution < -0.4 is 5.19 Å². The Morgan fingerprint density at radius 2 is 1.64 bits per heavy atom. The summed E-state index contributed by atoms with van der Waals surface area (Å²) in [6.07, 6.45) is 10.0. The highest BCUT2D eigenvalue weighted by Gasteiger charge is 2.42. The Morgan fingerprint density at radius 1 is 0.955 bits per heavy atom. The van der Waals surface area contributed by atoms with E-state index in [0.717, 1.165) is 5.54 Å². The minimum Gasteiger partial charge on any atom is -0.399 e. The van der Waals surface area contributed by atoms with Gasteiger partial charge in [0, 0.05) is 6.23 Å². The van der Waals surface area contributed by atoms with Gasteiger partial charge in [-0.15, -0.1) is 0 Å². The maximum Gasteiger partial charge on any atom is 0.119 e. The summed E-state index contributed by atoms with van der Waals surface area (Å²) in [6, 6.07) is 12.3. The Kier molecular flexibility index (Phi) is 5.72. The molecule has 1 heterocycles. The lowest BCUT2D eigenvalue weighted by Gasteiger charge is -2.41. The molecular weight excluding hydrogens is 286 g/mol.